The molecule has 2 aliphatic rings. The Balaban J connectivity index is 1.50. The fraction of sp³-hybridized carbons (Fsp3) is 0.423. The van der Waals surface area contributed by atoms with Gasteiger partial charge in [-0.05, 0) is 49.1 Å². The van der Waals surface area contributed by atoms with Gasteiger partial charge >= 0.3 is 0 Å². The summed E-state index contributed by atoms with van der Waals surface area (Å²) in [5.41, 5.74) is 2.78. The first-order valence-corrected chi connectivity index (χ1v) is 14.5. The summed E-state index contributed by atoms with van der Waals surface area (Å²) in [6.07, 6.45) is 2.84. The van der Waals surface area contributed by atoms with Gasteiger partial charge in [-0.25, -0.2) is 13.4 Å². The Morgan fingerprint density at radius 1 is 1.14 bits per heavy atom. The molecule has 2 aromatic carbocycles. The molecule has 0 aliphatic carbocycles. The highest BCUT2D eigenvalue weighted by Gasteiger charge is 2.52. The van der Waals surface area contributed by atoms with Gasteiger partial charge in [0.15, 0.2) is 0 Å². The zero-order valence-corrected chi connectivity index (χ0v) is 22.0. The maximum atomic E-state index is 14.0. The summed E-state index contributed by atoms with van der Waals surface area (Å²) in [5, 5.41) is 0.564. The zero-order chi connectivity index (χ0) is 25.7. The van der Waals surface area contributed by atoms with Crippen molar-refractivity contribution in [2.24, 2.45) is 0 Å². The molecule has 2 amide bonds. The van der Waals surface area contributed by atoms with Crippen molar-refractivity contribution in [3.63, 3.8) is 0 Å². The fourth-order valence-corrected chi connectivity index (χ4v) is 6.41. The molecule has 5 rings (SSSR count). The van der Waals surface area contributed by atoms with E-state index in [1.165, 1.54) is 6.26 Å². The van der Waals surface area contributed by atoms with Crippen LogP contribution in [0.4, 0.5) is 5.69 Å². The second-order valence-electron chi connectivity index (χ2n) is 9.79. The Morgan fingerprint density at radius 3 is 2.56 bits per heavy atom. The number of para-hydroxylation sites is 1. The quantitative estimate of drug-likeness (QED) is 0.488. The first-order valence-electron chi connectivity index (χ1n) is 12.1. The number of carbonyl (C=O) groups is 2. The second-order valence-corrected chi connectivity index (χ2v) is 12.5. The number of benzene rings is 2. The van der Waals surface area contributed by atoms with E-state index in [4.69, 9.17) is 16.6 Å². The molecule has 3 heterocycles. The third-order valence-corrected chi connectivity index (χ3v) is 8.68. The third kappa shape index (κ3) is 4.39. The van der Waals surface area contributed by atoms with Gasteiger partial charge in [-0.3, -0.25) is 9.59 Å². The Hall–Kier alpha value is -2.91. The first-order chi connectivity index (χ1) is 17.1. The number of hydrogen-bond acceptors (Lipinski definition) is 5. The number of sulfone groups is 1. The average molecular weight is 529 g/mol. The molecule has 36 heavy (non-hydrogen) atoms. The number of anilines is 1. The minimum atomic E-state index is -3.10. The van der Waals surface area contributed by atoms with Gasteiger partial charge < -0.3 is 14.4 Å². The molecule has 1 fully saturated rings. The first kappa shape index (κ1) is 24.8. The summed E-state index contributed by atoms with van der Waals surface area (Å²) in [5.74, 6) is 0.810. The van der Waals surface area contributed by atoms with Crippen LogP contribution in [0, 0.1) is 0 Å². The van der Waals surface area contributed by atoms with Gasteiger partial charge in [0.2, 0.25) is 11.8 Å². The number of nitrogens with zero attached hydrogens (tertiary/aromatic N) is 4. The molecule has 0 N–H and O–H groups in total. The number of halogens is 1. The molecule has 0 saturated carbocycles. The number of carbonyl (C=O) groups excluding carboxylic acids is 2. The molecule has 1 saturated heterocycles. The van der Waals surface area contributed by atoms with Gasteiger partial charge in [-0.15, -0.1) is 0 Å². The normalized spacial score (nSPS) is 17.2. The maximum absolute atomic E-state index is 14.0. The molecular formula is C26H29ClN4O4S. The van der Waals surface area contributed by atoms with Crippen molar-refractivity contribution >= 4 is 50.0 Å². The summed E-state index contributed by atoms with van der Waals surface area (Å²) >= 11 is 6.22. The van der Waals surface area contributed by atoms with Crippen molar-refractivity contribution in [2.75, 3.05) is 30.0 Å². The minimum absolute atomic E-state index is 0.0275. The molecule has 10 heteroatoms. The number of hydrogen-bond donors (Lipinski definition) is 0. The van der Waals surface area contributed by atoms with Crippen LogP contribution >= 0.6 is 11.6 Å². The Labute approximate surface area is 215 Å². The van der Waals surface area contributed by atoms with Crippen LogP contribution in [0.25, 0.3) is 11.0 Å². The van der Waals surface area contributed by atoms with E-state index in [1.807, 2.05) is 34.9 Å². The highest BCUT2D eigenvalue weighted by atomic mass is 35.5. The van der Waals surface area contributed by atoms with Gasteiger partial charge in [0.25, 0.3) is 0 Å². The number of imidazole rings is 1. The molecule has 1 spiro atoms. The van der Waals surface area contributed by atoms with E-state index in [1.54, 1.807) is 28.9 Å². The Kier molecular flexibility index (Phi) is 6.32. The standard InChI is InChI=1S/C26H29ClN4O4S/c1-18(32)29-13-10-26(11-14-29)20-6-3-4-7-22(20)31(25(26)33)17-24-28-21-16-19(27)8-9-23(21)30(24)12-5-15-36(2,34)35/h3-4,6-9,16H,5,10-15,17H2,1-2H3. The molecule has 3 aromatic rings. The molecule has 8 nitrogen and oxygen atoms in total. The van der Waals surface area contributed by atoms with Gasteiger partial charge in [0.1, 0.15) is 15.7 Å². The van der Waals surface area contributed by atoms with Crippen LogP contribution in [0.3, 0.4) is 0 Å². The van der Waals surface area contributed by atoms with Crippen LogP contribution in [0.15, 0.2) is 42.5 Å². The van der Waals surface area contributed by atoms with Gasteiger partial charge in [-0.2, -0.15) is 0 Å². The molecule has 0 bridgehead atoms. The summed E-state index contributed by atoms with van der Waals surface area (Å²) in [7, 11) is -3.10. The van der Waals surface area contributed by atoms with E-state index in [9.17, 15) is 18.0 Å². The van der Waals surface area contributed by atoms with Gasteiger partial charge in [0.05, 0.1) is 28.7 Å². The van der Waals surface area contributed by atoms with E-state index in [0.29, 0.717) is 55.3 Å². The summed E-state index contributed by atoms with van der Waals surface area (Å²) in [4.78, 5) is 34.3. The van der Waals surface area contributed by atoms with Crippen molar-refractivity contribution in [3.05, 3.63) is 58.9 Å². The van der Waals surface area contributed by atoms with E-state index in [2.05, 4.69) is 0 Å². The highest BCUT2D eigenvalue weighted by molar-refractivity contribution is 7.90. The molecule has 0 radical (unpaired) electrons. The molecule has 0 unspecified atom stereocenters. The lowest BCUT2D eigenvalue weighted by atomic mass is 9.73. The summed E-state index contributed by atoms with van der Waals surface area (Å²) < 4.78 is 25.5. The highest BCUT2D eigenvalue weighted by Crippen LogP contribution is 2.48. The topological polar surface area (TPSA) is 92.6 Å². The van der Waals surface area contributed by atoms with E-state index in [-0.39, 0.29) is 24.1 Å². The van der Waals surface area contributed by atoms with Crippen LogP contribution in [-0.4, -0.2) is 59.8 Å². The van der Waals surface area contributed by atoms with Crippen LogP contribution in [0.1, 0.15) is 37.6 Å². The number of rotatable bonds is 6. The number of likely N-dealkylation sites (tertiary alicyclic amines) is 1. The molecule has 1 aromatic heterocycles. The number of aryl methyl sites for hydroxylation is 1. The van der Waals surface area contributed by atoms with Crippen LogP contribution < -0.4 is 4.90 Å². The van der Waals surface area contributed by atoms with Crippen molar-refractivity contribution < 1.29 is 18.0 Å². The third-order valence-electron chi connectivity index (χ3n) is 7.41. The number of fused-ring (bicyclic) bond motifs is 3. The van der Waals surface area contributed by atoms with E-state index < -0.39 is 15.3 Å². The average Bonchev–Trinajstić information content (AvgIpc) is 3.27. The predicted molar refractivity (Wildman–Crippen MR) is 140 cm³/mol. The summed E-state index contributed by atoms with van der Waals surface area (Å²) in [6, 6.07) is 13.3. The Bertz CT molecular complexity index is 1460. The van der Waals surface area contributed by atoms with Crippen LogP contribution in [0.5, 0.6) is 0 Å². The summed E-state index contributed by atoms with van der Waals surface area (Å²) in [6.45, 7) is 3.38. The van der Waals surface area contributed by atoms with Crippen molar-refractivity contribution in [2.45, 2.75) is 44.7 Å². The SMILES string of the molecule is CC(=O)N1CCC2(CC1)C(=O)N(Cc1nc3cc(Cl)ccc3n1CCCS(C)(=O)=O)c1ccccc12. The molecule has 190 valence electrons. The maximum Gasteiger partial charge on any atom is 0.238 e. The van der Waals surface area contributed by atoms with Crippen molar-refractivity contribution in [1.29, 1.82) is 0 Å². The van der Waals surface area contributed by atoms with E-state index >= 15 is 0 Å². The largest absolute Gasteiger partial charge is 0.343 e. The van der Waals surface area contributed by atoms with Crippen molar-refractivity contribution in [3.8, 4) is 0 Å². The fourth-order valence-electron chi connectivity index (χ4n) is 5.59. The van der Waals surface area contributed by atoms with Crippen molar-refractivity contribution in [1.82, 2.24) is 14.5 Å². The number of piperidine rings is 1. The van der Waals surface area contributed by atoms with E-state index in [0.717, 1.165) is 16.8 Å². The van der Waals surface area contributed by atoms with Crippen LogP contribution in [-0.2, 0) is 37.9 Å². The number of amides is 2. The van der Waals surface area contributed by atoms with Gasteiger partial charge in [-0.1, -0.05) is 29.8 Å². The minimum Gasteiger partial charge on any atom is -0.343 e. The predicted octanol–water partition coefficient (Wildman–Crippen LogP) is 3.55. The molecule has 2 aliphatic heterocycles. The van der Waals surface area contributed by atoms with Crippen LogP contribution in [0.2, 0.25) is 5.02 Å². The smallest absolute Gasteiger partial charge is 0.238 e. The zero-order valence-electron chi connectivity index (χ0n) is 20.4. The lowest BCUT2D eigenvalue weighted by Gasteiger charge is -2.38. The lowest BCUT2D eigenvalue weighted by Crippen LogP contribution is -2.49. The molecule has 0 atom stereocenters. The molecular weight excluding hydrogens is 500 g/mol. The van der Waals surface area contributed by atoms with Gasteiger partial charge in [0, 0.05) is 43.5 Å². The monoisotopic (exact) mass is 528 g/mol. The Morgan fingerprint density at radius 2 is 1.86 bits per heavy atom. The second kappa shape index (κ2) is 9.19. The number of aromatic nitrogens is 2. The lowest BCUT2D eigenvalue weighted by molar-refractivity contribution is -0.133.